The lowest BCUT2D eigenvalue weighted by Gasteiger charge is -2.39. The van der Waals surface area contributed by atoms with Crippen LogP contribution in [0.1, 0.15) is 39.0 Å². The number of likely N-dealkylation sites (tertiary alicyclic amines) is 1. The van der Waals surface area contributed by atoms with E-state index in [0.717, 1.165) is 12.8 Å². The van der Waals surface area contributed by atoms with Gasteiger partial charge in [0.2, 0.25) is 5.91 Å². The second-order valence-corrected chi connectivity index (χ2v) is 13.4. The zero-order valence-electron chi connectivity index (χ0n) is 22.1. The number of hydrogen-bond acceptors (Lipinski definition) is 6. The Kier molecular flexibility index (Phi) is 9.89. The van der Waals surface area contributed by atoms with Crippen molar-refractivity contribution in [2.24, 2.45) is 11.8 Å². The van der Waals surface area contributed by atoms with Crippen LogP contribution in [0.2, 0.25) is 5.02 Å². The van der Waals surface area contributed by atoms with Crippen molar-refractivity contribution < 1.29 is 24.2 Å². The molecule has 7 atom stereocenters. The number of carbonyl (C=O) groups excluding carboxylic acids is 3. The van der Waals surface area contributed by atoms with Crippen LogP contribution in [0.5, 0.6) is 0 Å². The molecule has 2 bridgehead atoms. The molecule has 3 aliphatic rings. The fraction of sp³-hybridized carbons (Fsp3) is 0.552. The highest BCUT2D eigenvalue weighted by Gasteiger charge is 2.76. The number of ether oxygens (including phenoxy) is 1. The summed E-state index contributed by atoms with van der Waals surface area (Å²) in [6, 6.07) is 5.63. The van der Waals surface area contributed by atoms with Crippen molar-refractivity contribution in [3.05, 3.63) is 54.6 Å². The van der Waals surface area contributed by atoms with Gasteiger partial charge in [0.05, 0.1) is 46.5 Å². The number of allylic oxidation sites excluding steroid dienone is 1. The molecule has 212 valence electrons. The summed E-state index contributed by atoms with van der Waals surface area (Å²) in [7, 11) is 0. The van der Waals surface area contributed by atoms with Gasteiger partial charge in [-0.2, -0.15) is 0 Å². The Morgan fingerprint density at radius 1 is 1.33 bits per heavy atom. The van der Waals surface area contributed by atoms with E-state index in [-0.39, 0.29) is 41.6 Å². The van der Waals surface area contributed by atoms with E-state index in [0.29, 0.717) is 30.0 Å². The van der Waals surface area contributed by atoms with Crippen molar-refractivity contribution in [3.8, 4) is 0 Å². The van der Waals surface area contributed by atoms with Crippen molar-refractivity contribution in [3.63, 3.8) is 0 Å². The second-order valence-electron chi connectivity index (χ2n) is 10.3. The summed E-state index contributed by atoms with van der Waals surface area (Å²) in [6.07, 6.45) is 6.90. The molecule has 7 nitrogen and oxygen atoms in total. The van der Waals surface area contributed by atoms with Gasteiger partial charge in [0.1, 0.15) is 6.04 Å². The maximum Gasteiger partial charge on any atom is 0.310 e. The molecule has 3 aliphatic heterocycles. The summed E-state index contributed by atoms with van der Waals surface area (Å²) in [5.74, 6) is -2.35. The summed E-state index contributed by atoms with van der Waals surface area (Å²) in [5, 5.41) is 10.5. The Hall–Kier alpha value is -1.81. The van der Waals surface area contributed by atoms with Crippen LogP contribution >= 0.6 is 39.3 Å². The summed E-state index contributed by atoms with van der Waals surface area (Å²) in [4.78, 5) is 45.3. The van der Waals surface area contributed by atoms with Crippen molar-refractivity contribution in [2.75, 3.05) is 24.7 Å². The number of nitrogens with zero attached hydrogens (tertiary/aromatic N) is 2. The number of rotatable bonds is 13. The molecule has 0 aromatic heterocycles. The van der Waals surface area contributed by atoms with Gasteiger partial charge in [-0.15, -0.1) is 24.9 Å². The molecule has 3 fully saturated rings. The van der Waals surface area contributed by atoms with Crippen molar-refractivity contribution in [2.45, 2.75) is 65.9 Å². The first-order valence-electron chi connectivity index (χ1n) is 13.5. The van der Waals surface area contributed by atoms with Crippen molar-refractivity contribution >= 4 is 62.8 Å². The maximum absolute atomic E-state index is 14.6. The summed E-state index contributed by atoms with van der Waals surface area (Å²) in [6.45, 7) is 9.62. The average molecular weight is 640 g/mol. The average Bonchev–Trinajstić information content (AvgIpc) is 3.52. The molecule has 0 aliphatic carbocycles. The number of para-hydroxylation sites is 1. The Morgan fingerprint density at radius 2 is 2.08 bits per heavy atom. The van der Waals surface area contributed by atoms with Gasteiger partial charge < -0.3 is 19.6 Å². The first-order chi connectivity index (χ1) is 18.8. The van der Waals surface area contributed by atoms with Crippen LogP contribution in [-0.2, 0) is 19.1 Å². The third kappa shape index (κ3) is 5.32. The van der Waals surface area contributed by atoms with E-state index in [1.807, 2.05) is 13.0 Å². The highest BCUT2D eigenvalue weighted by atomic mass is 79.9. The lowest BCUT2D eigenvalue weighted by atomic mass is 9.71. The number of aliphatic hydroxyl groups is 1. The molecule has 10 heteroatoms. The molecule has 1 spiro atoms. The van der Waals surface area contributed by atoms with Crippen LogP contribution in [0.15, 0.2) is 49.6 Å². The molecule has 0 saturated carbocycles. The lowest BCUT2D eigenvalue weighted by Crippen LogP contribution is -2.58. The van der Waals surface area contributed by atoms with Crippen LogP contribution in [0.4, 0.5) is 5.69 Å². The molecule has 1 aromatic rings. The SMILES string of the molecule is C=CCCCCOC(=O)[C@H]1[C@H]2C(=O)N([C@@H](CC)CO)C(C(=O)N(CC=C)c3ccccc3Cl)C23CC(Br)[C@@H]1S3. The zero-order valence-corrected chi connectivity index (χ0v) is 25.3. The van der Waals surface area contributed by atoms with Crippen LogP contribution in [-0.4, -0.2) is 74.5 Å². The molecular formula is C29H36BrClN2O5S. The minimum atomic E-state index is -0.885. The molecule has 3 saturated heterocycles. The van der Waals surface area contributed by atoms with E-state index in [2.05, 4.69) is 29.1 Å². The molecule has 0 radical (unpaired) electrons. The minimum absolute atomic E-state index is 0.0671. The van der Waals surface area contributed by atoms with E-state index in [4.69, 9.17) is 16.3 Å². The number of fused-ring (bicyclic) bond motifs is 1. The fourth-order valence-corrected chi connectivity index (χ4v) is 10.2. The Bertz CT molecular complexity index is 1120. The van der Waals surface area contributed by atoms with Crippen LogP contribution < -0.4 is 4.90 Å². The smallest absolute Gasteiger partial charge is 0.310 e. The van der Waals surface area contributed by atoms with Gasteiger partial charge in [-0.1, -0.05) is 58.7 Å². The molecule has 1 N–H and O–H groups in total. The molecule has 3 unspecified atom stereocenters. The van der Waals surface area contributed by atoms with Gasteiger partial charge in [0.15, 0.2) is 0 Å². The number of benzene rings is 1. The minimum Gasteiger partial charge on any atom is -0.465 e. The monoisotopic (exact) mass is 638 g/mol. The van der Waals surface area contributed by atoms with Crippen molar-refractivity contribution in [1.82, 2.24) is 4.90 Å². The number of unbranched alkanes of at least 4 members (excludes halogenated alkanes) is 2. The number of hydrogen-bond donors (Lipinski definition) is 1. The molecule has 39 heavy (non-hydrogen) atoms. The zero-order chi connectivity index (χ0) is 28.3. The third-order valence-electron chi connectivity index (χ3n) is 8.08. The van der Waals surface area contributed by atoms with Crippen molar-refractivity contribution in [1.29, 1.82) is 0 Å². The third-order valence-corrected chi connectivity index (χ3v) is 11.6. The number of anilines is 1. The standard InChI is InChI=1S/C29H36BrClN2O5S/c1-4-7-8-11-15-38-28(37)22-23-26(35)33(18(6-3)17-34)25(29(23)16-19(30)24(22)39-29)27(36)32(14-5-2)21-13-10-9-12-20(21)31/h4-5,9-10,12-13,18-19,22-25,34H,1-2,6-8,11,14-17H2,3H3/t18-,19?,22-,23-,24-,25?,29?/m0/s1. The lowest BCUT2D eigenvalue weighted by molar-refractivity contribution is -0.154. The molecule has 3 heterocycles. The Morgan fingerprint density at radius 3 is 2.72 bits per heavy atom. The summed E-state index contributed by atoms with van der Waals surface area (Å²) in [5.41, 5.74) is 0.525. The summed E-state index contributed by atoms with van der Waals surface area (Å²) >= 11 is 11.8. The van der Waals surface area contributed by atoms with Crippen LogP contribution in [0.25, 0.3) is 0 Å². The number of aliphatic hydroxyl groups excluding tert-OH is 1. The number of alkyl halides is 1. The van der Waals surface area contributed by atoms with Crippen LogP contribution in [0, 0.1) is 11.8 Å². The predicted molar refractivity (Wildman–Crippen MR) is 159 cm³/mol. The normalized spacial score (nSPS) is 29.7. The van der Waals surface area contributed by atoms with Gasteiger partial charge in [-0.3, -0.25) is 14.4 Å². The first-order valence-corrected chi connectivity index (χ1v) is 15.6. The second kappa shape index (κ2) is 12.8. The topological polar surface area (TPSA) is 87.1 Å². The highest BCUT2D eigenvalue weighted by molar-refractivity contribution is 9.09. The maximum atomic E-state index is 14.6. The molecule has 1 aromatic carbocycles. The Labute approximate surface area is 248 Å². The molecular weight excluding hydrogens is 604 g/mol. The van der Waals surface area contributed by atoms with Gasteiger partial charge in [0.25, 0.3) is 5.91 Å². The van der Waals surface area contributed by atoms with E-state index in [9.17, 15) is 19.5 Å². The predicted octanol–water partition coefficient (Wildman–Crippen LogP) is 4.99. The largest absolute Gasteiger partial charge is 0.465 e. The van der Waals surface area contributed by atoms with Crippen LogP contribution in [0.3, 0.4) is 0 Å². The van der Waals surface area contributed by atoms with Gasteiger partial charge in [0, 0.05) is 16.6 Å². The number of thioether (sulfide) groups is 1. The number of halogens is 2. The van der Waals surface area contributed by atoms with E-state index >= 15 is 0 Å². The number of amides is 2. The molecule has 4 rings (SSSR count). The van der Waals surface area contributed by atoms with Gasteiger partial charge in [-0.25, -0.2) is 0 Å². The number of esters is 1. The summed E-state index contributed by atoms with van der Waals surface area (Å²) < 4.78 is 4.84. The van der Waals surface area contributed by atoms with E-state index in [1.54, 1.807) is 51.9 Å². The fourth-order valence-electron chi connectivity index (χ4n) is 6.34. The first kappa shape index (κ1) is 30.2. The van der Waals surface area contributed by atoms with Gasteiger partial charge >= 0.3 is 5.97 Å². The Balaban J connectivity index is 1.74. The van der Waals surface area contributed by atoms with E-state index < -0.39 is 34.6 Å². The van der Waals surface area contributed by atoms with Gasteiger partial charge in [-0.05, 0) is 44.2 Å². The molecule has 2 amide bonds. The van der Waals surface area contributed by atoms with E-state index in [1.165, 1.54) is 0 Å². The quantitative estimate of drug-likeness (QED) is 0.142. The highest BCUT2D eigenvalue weighted by Crippen LogP contribution is 2.68. The number of carbonyl (C=O) groups is 3.